The van der Waals surface area contributed by atoms with Crippen molar-refractivity contribution in [2.75, 3.05) is 0 Å². The number of esters is 1. The number of hydrogen-bond donors (Lipinski definition) is 0. The summed E-state index contributed by atoms with van der Waals surface area (Å²) < 4.78 is 5.98. The summed E-state index contributed by atoms with van der Waals surface area (Å²) in [6, 6.07) is 13.9. The topological polar surface area (TPSA) is 26.3 Å². The Morgan fingerprint density at radius 1 is 0.957 bits per heavy atom. The van der Waals surface area contributed by atoms with Crippen molar-refractivity contribution < 1.29 is 9.53 Å². The van der Waals surface area contributed by atoms with Crippen LogP contribution in [0.1, 0.15) is 69.7 Å². The van der Waals surface area contributed by atoms with E-state index in [1.165, 1.54) is 12.8 Å². The number of fused-ring (bicyclic) bond motifs is 1. The van der Waals surface area contributed by atoms with Crippen LogP contribution in [0.25, 0.3) is 10.8 Å². The molecule has 0 aliphatic carbocycles. The van der Waals surface area contributed by atoms with Gasteiger partial charge in [-0.25, -0.2) is 4.79 Å². The number of ether oxygens (including phenoxy) is 1. The molecule has 0 heterocycles. The van der Waals surface area contributed by atoms with Gasteiger partial charge in [0.1, 0.15) is 5.60 Å². The average molecular weight is 312 g/mol. The molecule has 2 aromatic carbocycles. The largest absolute Gasteiger partial charge is 0.456 e. The molecule has 0 atom stereocenters. The van der Waals surface area contributed by atoms with Gasteiger partial charge in [0.2, 0.25) is 0 Å². The number of carbonyl (C=O) groups is 1. The maximum absolute atomic E-state index is 12.6. The van der Waals surface area contributed by atoms with Crippen molar-refractivity contribution in [3.8, 4) is 0 Å². The van der Waals surface area contributed by atoms with E-state index in [0.717, 1.165) is 36.5 Å². The molecule has 0 amide bonds. The van der Waals surface area contributed by atoms with E-state index in [-0.39, 0.29) is 11.6 Å². The van der Waals surface area contributed by atoms with Gasteiger partial charge in [0, 0.05) is 0 Å². The zero-order chi connectivity index (χ0) is 16.7. The van der Waals surface area contributed by atoms with Crippen LogP contribution < -0.4 is 0 Å². The van der Waals surface area contributed by atoms with Gasteiger partial charge < -0.3 is 4.74 Å². The molecule has 23 heavy (non-hydrogen) atoms. The van der Waals surface area contributed by atoms with Gasteiger partial charge in [-0.1, -0.05) is 63.9 Å². The molecule has 0 aliphatic rings. The summed E-state index contributed by atoms with van der Waals surface area (Å²) in [6.45, 7) is 6.42. The molecule has 0 unspecified atom stereocenters. The van der Waals surface area contributed by atoms with Crippen LogP contribution >= 0.6 is 0 Å². The lowest BCUT2D eigenvalue weighted by Gasteiger charge is -2.31. The third-order valence-electron chi connectivity index (χ3n) is 4.82. The van der Waals surface area contributed by atoms with Gasteiger partial charge in [0.15, 0.2) is 0 Å². The highest BCUT2D eigenvalue weighted by Crippen LogP contribution is 2.29. The van der Waals surface area contributed by atoms with Crippen LogP contribution in [0.4, 0.5) is 0 Å². The molecule has 0 saturated carbocycles. The van der Waals surface area contributed by atoms with Gasteiger partial charge in [-0.2, -0.15) is 0 Å². The molecule has 0 saturated heterocycles. The Hall–Kier alpha value is -1.83. The molecule has 2 rings (SSSR count). The summed E-state index contributed by atoms with van der Waals surface area (Å²) in [7, 11) is 0. The lowest BCUT2D eigenvalue weighted by Crippen LogP contribution is -2.34. The number of rotatable bonds is 8. The maximum Gasteiger partial charge on any atom is 0.338 e. The highest BCUT2D eigenvalue weighted by molar-refractivity contribution is 5.95. The highest BCUT2D eigenvalue weighted by atomic mass is 16.6. The van der Waals surface area contributed by atoms with E-state index in [9.17, 15) is 4.79 Å². The zero-order valence-electron chi connectivity index (χ0n) is 14.6. The quantitative estimate of drug-likeness (QED) is 0.432. The van der Waals surface area contributed by atoms with Crippen molar-refractivity contribution in [2.24, 2.45) is 0 Å². The van der Waals surface area contributed by atoms with E-state index < -0.39 is 0 Å². The van der Waals surface area contributed by atoms with E-state index in [0.29, 0.717) is 5.56 Å². The summed E-state index contributed by atoms with van der Waals surface area (Å²) in [5, 5.41) is 2.22. The molecule has 0 fully saturated rings. The Kier molecular flexibility index (Phi) is 6.20. The maximum atomic E-state index is 12.6. The number of hydrogen-bond acceptors (Lipinski definition) is 2. The lowest BCUT2D eigenvalue weighted by molar-refractivity contribution is -0.0285. The molecule has 124 valence electrons. The second-order valence-corrected chi connectivity index (χ2v) is 6.30. The van der Waals surface area contributed by atoms with Crippen LogP contribution in [0.3, 0.4) is 0 Å². The Balaban J connectivity index is 2.16. The fourth-order valence-corrected chi connectivity index (χ4v) is 3.07. The molecule has 0 aromatic heterocycles. The number of carbonyl (C=O) groups excluding carboxylic acids is 1. The minimum Gasteiger partial charge on any atom is -0.456 e. The van der Waals surface area contributed by atoms with E-state index >= 15 is 0 Å². The Labute approximate surface area is 139 Å². The molecule has 0 radical (unpaired) electrons. The Morgan fingerprint density at radius 3 is 2.30 bits per heavy atom. The molecular weight excluding hydrogens is 284 g/mol. The molecule has 0 N–H and O–H groups in total. The van der Waals surface area contributed by atoms with Crippen LogP contribution in [0.2, 0.25) is 0 Å². The predicted molar refractivity (Wildman–Crippen MR) is 96.8 cm³/mol. The molecular formula is C21H28O2. The third kappa shape index (κ3) is 4.34. The van der Waals surface area contributed by atoms with Gasteiger partial charge in [0.25, 0.3) is 0 Å². The fourth-order valence-electron chi connectivity index (χ4n) is 3.07. The first-order chi connectivity index (χ1) is 11.1. The van der Waals surface area contributed by atoms with E-state index in [4.69, 9.17) is 4.74 Å². The fraction of sp³-hybridized carbons (Fsp3) is 0.476. The van der Waals surface area contributed by atoms with Crippen LogP contribution in [0.15, 0.2) is 42.5 Å². The van der Waals surface area contributed by atoms with Gasteiger partial charge in [-0.3, -0.25) is 0 Å². The van der Waals surface area contributed by atoms with Crippen LogP contribution in [0, 0.1) is 0 Å². The summed E-state index contributed by atoms with van der Waals surface area (Å²) in [5.74, 6) is -0.198. The summed E-state index contributed by atoms with van der Waals surface area (Å²) in [5.41, 5.74) is 0.322. The van der Waals surface area contributed by atoms with Crippen molar-refractivity contribution in [1.29, 1.82) is 0 Å². The smallest absolute Gasteiger partial charge is 0.338 e. The average Bonchev–Trinajstić information content (AvgIpc) is 2.60. The first-order valence-corrected chi connectivity index (χ1v) is 8.86. The SMILES string of the molecule is CCCCCC(CC)(CC)OC(=O)c1ccc2ccccc2c1. The molecule has 2 aromatic rings. The number of benzene rings is 2. The van der Waals surface area contributed by atoms with E-state index in [2.05, 4.69) is 26.8 Å². The van der Waals surface area contributed by atoms with Gasteiger partial charge in [-0.15, -0.1) is 0 Å². The molecule has 0 spiro atoms. The van der Waals surface area contributed by atoms with Crippen LogP contribution in [-0.4, -0.2) is 11.6 Å². The second kappa shape index (κ2) is 8.14. The third-order valence-corrected chi connectivity index (χ3v) is 4.82. The molecule has 0 aliphatic heterocycles. The Bertz CT molecular complexity index is 641. The first kappa shape index (κ1) is 17.5. The van der Waals surface area contributed by atoms with Crippen LogP contribution in [0.5, 0.6) is 0 Å². The normalized spacial score (nSPS) is 11.6. The minimum absolute atomic E-state index is 0.198. The van der Waals surface area contributed by atoms with Crippen molar-refractivity contribution in [3.05, 3.63) is 48.0 Å². The van der Waals surface area contributed by atoms with Gasteiger partial charge in [-0.05, 0) is 48.6 Å². The standard InChI is InChI=1S/C21H28O2/c1-4-7-10-15-21(5-2,6-3)23-20(22)19-14-13-17-11-8-9-12-18(17)16-19/h8-9,11-14,16H,4-7,10,15H2,1-3H3. The molecule has 2 heteroatoms. The van der Waals surface area contributed by atoms with E-state index in [1.54, 1.807) is 0 Å². The predicted octanol–water partition coefficient (Wildman–Crippen LogP) is 6.14. The highest BCUT2D eigenvalue weighted by Gasteiger charge is 2.30. The first-order valence-electron chi connectivity index (χ1n) is 8.86. The van der Waals surface area contributed by atoms with Crippen molar-refractivity contribution in [3.63, 3.8) is 0 Å². The van der Waals surface area contributed by atoms with Crippen molar-refractivity contribution >= 4 is 16.7 Å². The van der Waals surface area contributed by atoms with Crippen LogP contribution in [-0.2, 0) is 4.74 Å². The summed E-state index contributed by atoms with van der Waals surface area (Å²) in [4.78, 5) is 12.6. The summed E-state index contributed by atoms with van der Waals surface area (Å²) in [6.07, 6.45) is 6.17. The van der Waals surface area contributed by atoms with Gasteiger partial charge in [0.05, 0.1) is 5.56 Å². The molecule has 2 nitrogen and oxygen atoms in total. The molecule has 0 bridgehead atoms. The lowest BCUT2D eigenvalue weighted by atomic mass is 9.90. The van der Waals surface area contributed by atoms with Gasteiger partial charge >= 0.3 is 5.97 Å². The van der Waals surface area contributed by atoms with E-state index in [1.807, 2.05) is 36.4 Å². The number of unbranched alkanes of at least 4 members (excludes halogenated alkanes) is 2. The zero-order valence-corrected chi connectivity index (χ0v) is 14.6. The summed E-state index contributed by atoms with van der Waals surface area (Å²) >= 11 is 0. The monoisotopic (exact) mass is 312 g/mol. The van der Waals surface area contributed by atoms with Crippen molar-refractivity contribution in [2.45, 2.75) is 64.9 Å². The van der Waals surface area contributed by atoms with Crippen molar-refractivity contribution in [1.82, 2.24) is 0 Å². The Morgan fingerprint density at radius 2 is 1.65 bits per heavy atom. The minimum atomic E-state index is -0.322. The second-order valence-electron chi connectivity index (χ2n) is 6.30.